The first-order valence-electron chi connectivity index (χ1n) is 8.71. The van der Waals surface area contributed by atoms with Crippen LogP contribution in [0.4, 0.5) is 0 Å². The third-order valence-corrected chi connectivity index (χ3v) is 6.26. The summed E-state index contributed by atoms with van der Waals surface area (Å²) in [5.41, 5.74) is 1.23. The van der Waals surface area contributed by atoms with Crippen molar-refractivity contribution in [2.24, 2.45) is 0 Å². The summed E-state index contributed by atoms with van der Waals surface area (Å²) in [4.78, 5) is 20.0. The van der Waals surface area contributed by atoms with Gasteiger partial charge in [-0.15, -0.1) is 36.2 Å². The number of nitrogens with one attached hydrogen (secondary N) is 1. The Bertz CT molecular complexity index is 713. The molecule has 4 rings (SSSR count). The largest absolute Gasteiger partial charge is 0.338 e. The molecule has 1 amide bonds. The molecule has 2 aliphatic rings. The Morgan fingerprint density at radius 2 is 1.85 bits per heavy atom. The number of carbonyl (C=O) groups excluding carboxylic acids is 1. The first-order valence-corrected chi connectivity index (χ1v) is 9.52. The second-order valence-electron chi connectivity index (χ2n) is 6.96. The average Bonchev–Trinajstić information content (AvgIpc) is 3.20. The van der Waals surface area contributed by atoms with Crippen molar-refractivity contribution in [3.8, 4) is 0 Å². The van der Waals surface area contributed by atoms with Crippen LogP contribution in [0.25, 0.3) is 0 Å². The van der Waals surface area contributed by atoms with E-state index in [0.29, 0.717) is 18.1 Å². The fraction of sp³-hybridized carbons (Fsp3) is 0.474. The zero-order valence-electron chi connectivity index (χ0n) is 14.8. The predicted molar refractivity (Wildman–Crippen MR) is 111 cm³/mol. The summed E-state index contributed by atoms with van der Waals surface area (Å²) < 4.78 is 0. The molecule has 1 aromatic carbocycles. The second-order valence-corrected chi connectivity index (χ2v) is 8.07. The van der Waals surface area contributed by atoms with Crippen LogP contribution in [0.5, 0.6) is 0 Å². The number of nitrogens with zero attached hydrogens (tertiary/aromatic N) is 2. The molecule has 3 heterocycles. The SMILES string of the molecule is CN(C(=O)c1cnc(Cc2ccccc2)s1)C1CC2CCC(C1)N2.Cl.Cl. The van der Waals surface area contributed by atoms with E-state index in [-0.39, 0.29) is 30.7 Å². The van der Waals surface area contributed by atoms with Crippen molar-refractivity contribution in [1.82, 2.24) is 15.2 Å². The van der Waals surface area contributed by atoms with Gasteiger partial charge in [-0.25, -0.2) is 4.98 Å². The van der Waals surface area contributed by atoms with E-state index in [4.69, 9.17) is 0 Å². The summed E-state index contributed by atoms with van der Waals surface area (Å²) in [6.45, 7) is 0. The Hall–Kier alpha value is -1.14. The quantitative estimate of drug-likeness (QED) is 0.825. The maximum atomic E-state index is 12.8. The number of halogens is 2. The summed E-state index contributed by atoms with van der Waals surface area (Å²) in [5, 5.41) is 4.64. The standard InChI is InChI=1S/C19H23N3OS.2ClH/c1-22(16-10-14-7-8-15(11-16)21-14)19(23)17-12-20-18(24-17)9-13-5-3-2-4-6-13;;/h2-6,12,14-16,21H,7-11H2,1H3;2*1H. The lowest BCUT2D eigenvalue weighted by atomic mass is 9.98. The van der Waals surface area contributed by atoms with Crippen molar-refractivity contribution in [2.45, 2.75) is 50.2 Å². The van der Waals surface area contributed by atoms with Gasteiger partial charge in [0.1, 0.15) is 4.88 Å². The molecule has 0 saturated carbocycles. The van der Waals surface area contributed by atoms with E-state index in [0.717, 1.165) is 29.1 Å². The van der Waals surface area contributed by atoms with E-state index in [1.165, 1.54) is 29.7 Å². The van der Waals surface area contributed by atoms with Gasteiger partial charge in [-0.05, 0) is 31.2 Å². The fourth-order valence-electron chi connectivity index (χ4n) is 3.94. The van der Waals surface area contributed by atoms with E-state index >= 15 is 0 Å². The number of carbonyl (C=O) groups is 1. The number of piperidine rings is 1. The molecule has 1 N–H and O–H groups in total. The zero-order valence-corrected chi connectivity index (χ0v) is 17.2. The number of rotatable bonds is 4. The van der Waals surface area contributed by atoms with E-state index in [1.54, 1.807) is 6.20 Å². The van der Waals surface area contributed by atoms with Gasteiger partial charge in [-0.2, -0.15) is 0 Å². The molecule has 2 saturated heterocycles. The van der Waals surface area contributed by atoms with Crippen LogP contribution in [0.2, 0.25) is 0 Å². The Morgan fingerprint density at radius 3 is 2.50 bits per heavy atom. The summed E-state index contributed by atoms with van der Waals surface area (Å²) in [7, 11) is 1.95. The van der Waals surface area contributed by atoms with Crippen LogP contribution in [-0.4, -0.2) is 41.0 Å². The summed E-state index contributed by atoms with van der Waals surface area (Å²) in [6, 6.07) is 11.8. The second kappa shape index (κ2) is 9.18. The molecule has 2 fully saturated rings. The van der Waals surface area contributed by atoms with Gasteiger partial charge in [0.05, 0.1) is 11.2 Å². The van der Waals surface area contributed by atoms with Crippen LogP contribution in [-0.2, 0) is 6.42 Å². The number of hydrogen-bond donors (Lipinski definition) is 1. The molecule has 2 unspecified atom stereocenters. The van der Waals surface area contributed by atoms with Gasteiger partial charge in [-0.1, -0.05) is 30.3 Å². The van der Waals surface area contributed by atoms with Gasteiger partial charge in [0.25, 0.3) is 5.91 Å². The number of aromatic nitrogens is 1. The van der Waals surface area contributed by atoms with Gasteiger partial charge in [-0.3, -0.25) is 4.79 Å². The van der Waals surface area contributed by atoms with Gasteiger partial charge < -0.3 is 10.2 Å². The topological polar surface area (TPSA) is 45.2 Å². The van der Waals surface area contributed by atoms with Crippen molar-refractivity contribution in [2.75, 3.05) is 7.05 Å². The monoisotopic (exact) mass is 413 g/mol. The molecule has 2 atom stereocenters. The molecule has 2 aromatic rings. The minimum Gasteiger partial charge on any atom is -0.338 e. The van der Waals surface area contributed by atoms with Crippen LogP contribution >= 0.6 is 36.2 Å². The van der Waals surface area contributed by atoms with Crippen LogP contribution in [0, 0.1) is 0 Å². The van der Waals surface area contributed by atoms with Crippen LogP contribution < -0.4 is 5.32 Å². The maximum Gasteiger partial charge on any atom is 0.265 e. The van der Waals surface area contributed by atoms with E-state index in [2.05, 4.69) is 22.4 Å². The van der Waals surface area contributed by atoms with Crippen molar-refractivity contribution in [3.63, 3.8) is 0 Å². The highest BCUT2D eigenvalue weighted by atomic mass is 35.5. The van der Waals surface area contributed by atoms with Gasteiger partial charge >= 0.3 is 0 Å². The molecule has 1 aromatic heterocycles. The molecule has 0 aliphatic carbocycles. The lowest BCUT2D eigenvalue weighted by Crippen LogP contribution is -2.48. The average molecular weight is 414 g/mol. The normalized spacial score (nSPS) is 23.7. The van der Waals surface area contributed by atoms with Crippen LogP contribution in [0.1, 0.15) is 45.9 Å². The van der Waals surface area contributed by atoms with Crippen molar-refractivity contribution in [3.05, 3.63) is 52.0 Å². The molecule has 4 nitrogen and oxygen atoms in total. The molecule has 26 heavy (non-hydrogen) atoms. The van der Waals surface area contributed by atoms with Gasteiger partial charge in [0, 0.05) is 31.6 Å². The van der Waals surface area contributed by atoms with Gasteiger partial charge in [0.15, 0.2) is 0 Å². The van der Waals surface area contributed by atoms with Crippen molar-refractivity contribution < 1.29 is 4.79 Å². The van der Waals surface area contributed by atoms with E-state index in [9.17, 15) is 4.79 Å². The first-order chi connectivity index (χ1) is 11.7. The molecular weight excluding hydrogens is 389 g/mol. The maximum absolute atomic E-state index is 12.8. The summed E-state index contributed by atoms with van der Waals surface area (Å²) in [6.07, 6.45) is 7.20. The smallest absolute Gasteiger partial charge is 0.265 e. The molecule has 7 heteroatoms. The Labute approximate surface area is 171 Å². The lowest BCUT2D eigenvalue weighted by Gasteiger charge is -2.35. The number of hydrogen-bond acceptors (Lipinski definition) is 4. The minimum absolute atomic E-state index is 0. The molecule has 0 radical (unpaired) electrons. The number of amides is 1. The molecule has 2 aliphatic heterocycles. The highest BCUT2D eigenvalue weighted by molar-refractivity contribution is 7.13. The van der Waals surface area contributed by atoms with Crippen LogP contribution in [0.3, 0.4) is 0 Å². The number of benzene rings is 1. The summed E-state index contributed by atoms with van der Waals surface area (Å²) in [5.74, 6) is 0.123. The minimum atomic E-state index is 0. The van der Waals surface area contributed by atoms with E-state index in [1.807, 2.05) is 30.1 Å². The number of thiazole rings is 1. The third-order valence-electron chi connectivity index (χ3n) is 5.28. The Kier molecular flexibility index (Phi) is 7.47. The van der Waals surface area contributed by atoms with Crippen molar-refractivity contribution in [1.29, 1.82) is 0 Å². The Morgan fingerprint density at radius 1 is 1.19 bits per heavy atom. The predicted octanol–water partition coefficient (Wildman–Crippen LogP) is 3.93. The van der Waals surface area contributed by atoms with Crippen molar-refractivity contribution >= 4 is 42.1 Å². The molecular formula is C19H25Cl2N3OS. The highest BCUT2D eigenvalue weighted by Crippen LogP contribution is 2.30. The third kappa shape index (κ3) is 4.58. The fourth-order valence-corrected chi connectivity index (χ4v) is 4.88. The van der Waals surface area contributed by atoms with E-state index < -0.39 is 0 Å². The molecule has 142 valence electrons. The Balaban J connectivity index is 0.00000121. The molecule has 0 spiro atoms. The zero-order chi connectivity index (χ0) is 16.5. The van der Waals surface area contributed by atoms with Crippen LogP contribution in [0.15, 0.2) is 36.5 Å². The van der Waals surface area contributed by atoms with Gasteiger partial charge in [0.2, 0.25) is 0 Å². The number of fused-ring (bicyclic) bond motifs is 2. The first kappa shape index (κ1) is 21.2. The highest BCUT2D eigenvalue weighted by Gasteiger charge is 2.36. The lowest BCUT2D eigenvalue weighted by molar-refractivity contribution is 0.0686. The molecule has 2 bridgehead atoms. The summed E-state index contributed by atoms with van der Waals surface area (Å²) >= 11 is 1.53.